The van der Waals surface area contributed by atoms with Gasteiger partial charge in [0.2, 0.25) is 0 Å². The third kappa shape index (κ3) is 1.41. The number of nitrogens with two attached hydrogens (primary N) is 1. The van der Waals surface area contributed by atoms with E-state index in [-0.39, 0.29) is 0 Å². The number of anilines is 1. The van der Waals surface area contributed by atoms with Crippen LogP contribution < -0.4 is 5.73 Å². The number of pyridine rings is 1. The molecule has 1 aromatic rings. The first kappa shape index (κ1) is 7.82. The van der Waals surface area contributed by atoms with Crippen LogP contribution in [-0.4, -0.2) is 4.98 Å². The highest BCUT2D eigenvalue weighted by Crippen LogP contribution is 2.22. The molecular weight excluding hydrogens is 215 g/mol. The maximum absolute atomic E-state index is 5.72. The van der Waals surface area contributed by atoms with Crippen molar-refractivity contribution in [2.45, 2.75) is 6.92 Å². The Kier molecular flexibility index (Phi) is 2.16. The van der Waals surface area contributed by atoms with Gasteiger partial charge in [-0.25, -0.2) is 4.98 Å². The fourth-order valence-electron chi connectivity index (χ4n) is 0.566. The number of rotatable bonds is 0. The second-order valence-electron chi connectivity index (χ2n) is 1.94. The van der Waals surface area contributed by atoms with Crippen LogP contribution in [0.1, 0.15) is 5.69 Å². The molecule has 0 saturated carbocycles. The first-order valence-corrected chi connectivity index (χ1v) is 3.86. The van der Waals surface area contributed by atoms with Gasteiger partial charge in [0.15, 0.2) is 0 Å². The molecule has 2 nitrogen and oxygen atoms in total. The minimum Gasteiger partial charge on any atom is -0.396 e. The largest absolute Gasteiger partial charge is 0.396 e. The summed E-state index contributed by atoms with van der Waals surface area (Å²) >= 11 is 8.91. The molecule has 1 heterocycles. The quantitative estimate of drug-likeness (QED) is 0.683. The summed E-state index contributed by atoms with van der Waals surface area (Å²) in [4.78, 5) is 4.03. The van der Waals surface area contributed by atoms with E-state index in [1.165, 1.54) is 0 Å². The molecule has 0 aliphatic rings. The van der Waals surface area contributed by atoms with Gasteiger partial charge in [-0.1, -0.05) is 11.6 Å². The van der Waals surface area contributed by atoms with E-state index < -0.39 is 0 Å². The minimum absolute atomic E-state index is 0.565. The predicted molar refractivity (Wildman–Crippen MR) is 46.1 cm³/mol. The lowest BCUT2D eigenvalue weighted by atomic mass is 10.3. The summed E-state index contributed by atoms with van der Waals surface area (Å²) < 4.78 is 0.648. The van der Waals surface area contributed by atoms with Crippen LogP contribution in [0.25, 0.3) is 0 Å². The van der Waals surface area contributed by atoms with E-state index in [0.29, 0.717) is 15.3 Å². The predicted octanol–water partition coefficient (Wildman–Crippen LogP) is 2.39. The molecule has 0 fully saturated rings. The average molecular weight is 221 g/mol. The number of aromatic nitrogens is 1. The monoisotopic (exact) mass is 220 g/mol. The zero-order chi connectivity index (χ0) is 7.72. The Hall–Kier alpha value is -0.280. The summed E-state index contributed by atoms with van der Waals surface area (Å²) in [5.74, 6) is 0. The summed E-state index contributed by atoms with van der Waals surface area (Å²) in [5, 5.41) is 0.598. The van der Waals surface area contributed by atoms with Crippen LogP contribution in [0.3, 0.4) is 0 Å². The number of nitrogen functional groups attached to an aromatic ring is 1. The smallest absolute Gasteiger partial charge is 0.129 e. The van der Waals surface area contributed by atoms with Crippen molar-refractivity contribution in [3.8, 4) is 0 Å². The third-order valence-corrected chi connectivity index (χ3v) is 2.15. The number of hydrogen-bond acceptors (Lipinski definition) is 2. The normalized spacial score (nSPS) is 9.90. The van der Waals surface area contributed by atoms with Gasteiger partial charge >= 0.3 is 0 Å². The zero-order valence-electron chi connectivity index (χ0n) is 5.36. The topological polar surface area (TPSA) is 38.9 Å². The molecule has 0 unspecified atom stereocenters. The van der Waals surface area contributed by atoms with Gasteiger partial charge in [0, 0.05) is 0 Å². The molecule has 4 heteroatoms. The molecular formula is C6H6BrClN2. The van der Waals surface area contributed by atoms with Crippen molar-refractivity contribution < 1.29 is 0 Å². The van der Waals surface area contributed by atoms with Gasteiger partial charge in [0.1, 0.15) is 4.60 Å². The molecule has 0 aliphatic heterocycles. The van der Waals surface area contributed by atoms with E-state index >= 15 is 0 Å². The van der Waals surface area contributed by atoms with Gasteiger partial charge in [-0.3, -0.25) is 0 Å². The molecule has 54 valence electrons. The van der Waals surface area contributed by atoms with Crippen molar-refractivity contribution in [1.29, 1.82) is 0 Å². The molecule has 0 aromatic carbocycles. The maximum Gasteiger partial charge on any atom is 0.129 e. The van der Waals surface area contributed by atoms with Crippen molar-refractivity contribution in [3.63, 3.8) is 0 Å². The second-order valence-corrected chi connectivity index (χ2v) is 3.09. The lowest BCUT2D eigenvalue weighted by Crippen LogP contribution is -1.91. The molecule has 1 aromatic heterocycles. The Bertz CT molecular complexity index is 212. The lowest BCUT2D eigenvalue weighted by molar-refractivity contribution is 1.17. The van der Waals surface area contributed by atoms with Gasteiger partial charge in [0.25, 0.3) is 0 Å². The van der Waals surface area contributed by atoms with Crippen molar-refractivity contribution in [2.75, 3.05) is 5.73 Å². The fourth-order valence-corrected chi connectivity index (χ4v) is 1.11. The van der Waals surface area contributed by atoms with E-state index in [1.807, 2.05) is 6.92 Å². The molecule has 0 aliphatic carbocycles. The van der Waals surface area contributed by atoms with Crippen LogP contribution >= 0.6 is 27.5 Å². The number of halogens is 2. The molecule has 0 atom stereocenters. The van der Waals surface area contributed by atoms with Crippen LogP contribution in [0.15, 0.2) is 10.7 Å². The Morgan fingerprint density at radius 3 is 2.80 bits per heavy atom. The SMILES string of the molecule is Cc1nc(Br)c(N)cc1Cl. The Labute approximate surface area is 72.5 Å². The lowest BCUT2D eigenvalue weighted by Gasteiger charge is -1.99. The van der Waals surface area contributed by atoms with E-state index in [4.69, 9.17) is 17.3 Å². The van der Waals surface area contributed by atoms with Crippen LogP contribution in [-0.2, 0) is 0 Å². The Balaban J connectivity index is 3.28. The summed E-state index contributed by atoms with van der Waals surface area (Å²) in [5.41, 5.74) is 6.84. The number of nitrogens with zero attached hydrogens (tertiary/aromatic N) is 1. The molecule has 2 N–H and O–H groups in total. The molecule has 0 saturated heterocycles. The molecule has 1 rings (SSSR count). The van der Waals surface area contributed by atoms with Crippen molar-refractivity contribution in [1.82, 2.24) is 4.98 Å². The first-order chi connectivity index (χ1) is 4.61. The van der Waals surface area contributed by atoms with Crippen LogP contribution in [0.2, 0.25) is 5.02 Å². The van der Waals surface area contributed by atoms with Crippen molar-refractivity contribution >= 4 is 33.2 Å². The van der Waals surface area contributed by atoms with Crippen molar-refractivity contribution in [3.05, 3.63) is 21.4 Å². The average Bonchev–Trinajstić information content (AvgIpc) is 1.84. The van der Waals surface area contributed by atoms with E-state index in [2.05, 4.69) is 20.9 Å². The molecule has 0 radical (unpaired) electrons. The van der Waals surface area contributed by atoms with Crippen molar-refractivity contribution in [2.24, 2.45) is 0 Å². The molecule has 0 amide bonds. The summed E-state index contributed by atoms with van der Waals surface area (Å²) in [6.45, 7) is 1.83. The van der Waals surface area contributed by atoms with E-state index in [0.717, 1.165) is 5.69 Å². The highest BCUT2D eigenvalue weighted by atomic mass is 79.9. The maximum atomic E-state index is 5.72. The number of hydrogen-bond donors (Lipinski definition) is 1. The molecule has 0 bridgehead atoms. The Morgan fingerprint density at radius 1 is 1.70 bits per heavy atom. The van der Waals surface area contributed by atoms with Gasteiger partial charge in [-0.15, -0.1) is 0 Å². The first-order valence-electron chi connectivity index (χ1n) is 2.69. The minimum atomic E-state index is 0.565. The zero-order valence-corrected chi connectivity index (χ0v) is 7.70. The Morgan fingerprint density at radius 2 is 2.30 bits per heavy atom. The third-order valence-electron chi connectivity index (χ3n) is 1.13. The van der Waals surface area contributed by atoms with Crippen LogP contribution in [0.4, 0.5) is 5.69 Å². The van der Waals surface area contributed by atoms with E-state index in [9.17, 15) is 0 Å². The number of aryl methyl sites for hydroxylation is 1. The summed E-state index contributed by atoms with van der Waals surface area (Å²) in [6, 6.07) is 1.67. The second kappa shape index (κ2) is 2.76. The van der Waals surface area contributed by atoms with E-state index in [1.54, 1.807) is 6.07 Å². The van der Waals surface area contributed by atoms with Gasteiger partial charge in [-0.05, 0) is 28.9 Å². The van der Waals surface area contributed by atoms with Gasteiger partial charge < -0.3 is 5.73 Å². The van der Waals surface area contributed by atoms with Gasteiger partial charge in [0.05, 0.1) is 16.4 Å². The fraction of sp³-hybridized carbons (Fsp3) is 0.167. The summed E-state index contributed by atoms with van der Waals surface area (Å²) in [7, 11) is 0. The van der Waals surface area contributed by atoms with Gasteiger partial charge in [-0.2, -0.15) is 0 Å². The highest BCUT2D eigenvalue weighted by Gasteiger charge is 2.00. The molecule has 10 heavy (non-hydrogen) atoms. The standard InChI is InChI=1S/C6H6BrClN2/c1-3-4(8)2-5(9)6(7)10-3/h2H,9H2,1H3. The molecule has 0 spiro atoms. The highest BCUT2D eigenvalue weighted by molar-refractivity contribution is 9.10. The summed E-state index contributed by atoms with van der Waals surface area (Å²) in [6.07, 6.45) is 0. The van der Waals surface area contributed by atoms with Crippen LogP contribution in [0.5, 0.6) is 0 Å². The van der Waals surface area contributed by atoms with Crippen LogP contribution in [0, 0.1) is 6.92 Å².